The van der Waals surface area contributed by atoms with Gasteiger partial charge < -0.3 is 19.9 Å². The molecular weight excluding hydrogens is 290 g/mol. The van der Waals surface area contributed by atoms with Gasteiger partial charge in [0.1, 0.15) is 5.75 Å². The van der Waals surface area contributed by atoms with Crippen molar-refractivity contribution in [1.29, 1.82) is 0 Å². The largest absolute Gasteiger partial charge is 0.506 e. The Kier molecular flexibility index (Phi) is 3.33. The van der Waals surface area contributed by atoms with Crippen molar-refractivity contribution < 1.29 is 14.6 Å². The Hall–Kier alpha value is -2.07. The summed E-state index contributed by atoms with van der Waals surface area (Å²) in [5, 5.41) is 13.0. The van der Waals surface area contributed by atoms with E-state index in [0.717, 1.165) is 22.7 Å². The Morgan fingerprint density at radius 3 is 2.62 bits per heavy atom. The molecule has 3 rings (SSSR count). The van der Waals surface area contributed by atoms with Gasteiger partial charge in [-0.2, -0.15) is 0 Å². The molecule has 21 heavy (non-hydrogen) atoms. The SMILES string of the molecule is CC1(C)Oc2ccc(NCc3ccc(O)c(Cl)c3)cc2O1. The standard InChI is InChI=1S/C16H16ClNO3/c1-16(2)20-14-6-4-11(8-15(14)21-16)18-9-10-3-5-13(19)12(17)7-10/h3-8,18-19H,9H2,1-2H3. The van der Waals surface area contributed by atoms with Crippen molar-refractivity contribution in [2.24, 2.45) is 0 Å². The maximum atomic E-state index is 9.40. The highest BCUT2D eigenvalue weighted by molar-refractivity contribution is 6.32. The molecule has 4 nitrogen and oxygen atoms in total. The molecule has 0 spiro atoms. The van der Waals surface area contributed by atoms with Crippen LogP contribution in [0, 0.1) is 0 Å². The first-order valence-electron chi connectivity index (χ1n) is 6.66. The third-order valence-electron chi connectivity index (χ3n) is 3.16. The van der Waals surface area contributed by atoms with Gasteiger partial charge in [0.05, 0.1) is 5.02 Å². The van der Waals surface area contributed by atoms with Crippen LogP contribution in [0.2, 0.25) is 5.02 Å². The van der Waals surface area contributed by atoms with Crippen LogP contribution in [0.1, 0.15) is 19.4 Å². The summed E-state index contributed by atoms with van der Waals surface area (Å²) in [6, 6.07) is 10.9. The lowest BCUT2D eigenvalue weighted by Gasteiger charge is -2.16. The summed E-state index contributed by atoms with van der Waals surface area (Å²) >= 11 is 5.89. The van der Waals surface area contributed by atoms with Gasteiger partial charge in [-0.1, -0.05) is 17.7 Å². The summed E-state index contributed by atoms with van der Waals surface area (Å²) in [5.41, 5.74) is 1.91. The Balaban J connectivity index is 1.71. The van der Waals surface area contributed by atoms with Crippen LogP contribution in [-0.2, 0) is 6.54 Å². The topological polar surface area (TPSA) is 50.7 Å². The van der Waals surface area contributed by atoms with Crippen molar-refractivity contribution in [3.8, 4) is 17.2 Å². The minimum atomic E-state index is -0.620. The van der Waals surface area contributed by atoms with Crippen LogP contribution in [0.5, 0.6) is 17.2 Å². The van der Waals surface area contributed by atoms with Crippen LogP contribution in [0.25, 0.3) is 0 Å². The third kappa shape index (κ3) is 3.00. The number of nitrogens with one attached hydrogen (secondary N) is 1. The Morgan fingerprint density at radius 1 is 1.10 bits per heavy atom. The molecule has 110 valence electrons. The number of phenolic OH excluding ortho intramolecular Hbond substituents is 1. The van der Waals surface area contributed by atoms with Crippen LogP contribution >= 0.6 is 11.6 Å². The summed E-state index contributed by atoms with van der Waals surface area (Å²) in [6.45, 7) is 4.35. The normalized spacial score (nSPS) is 15.0. The maximum absolute atomic E-state index is 9.40. The number of aromatic hydroxyl groups is 1. The van der Waals surface area contributed by atoms with E-state index in [1.807, 2.05) is 38.1 Å². The van der Waals surface area contributed by atoms with E-state index in [1.165, 1.54) is 0 Å². The number of hydrogen-bond donors (Lipinski definition) is 2. The molecule has 0 bridgehead atoms. The van der Waals surface area contributed by atoms with Gasteiger partial charge in [-0.05, 0) is 29.8 Å². The van der Waals surface area contributed by atoms with Gasteiger partial charge in [0.15, 0.2) is 11.5 Å². The van der Waals surface area contributed by atoms with Crippen molar-refractivity contribution in [3.63, 3.8) is 0 Å². The number of anilines is 1. The minimum absolute atomic E-state index is 0.0886. The summed E-state index contributed by atoms with van der Waals surface area (Å²) in [5.74, 6) is 0.948. The van der Waals surface area contributed by atoms with Gasteiger partial charge in [0, 0.05) is 32.1 Å². The average Bonchev–Trinajstić information content (AvgIpc) is 2.73. The predicted octanol–water partition coefficient (Wildman–Crippen LogP) is 4.17. The fourth-order valence-electron chi connectivity index (χ4n) is 2.20. The lowest BCUT2D eigenvalue weighted by atomic mass is 10.2. The molecule has 1 aliphatic rings. The number of halogens is 1. The minimum Gasteiger partial charge on any atom is -0.506 e. The second-order valence-electron chi connectivity index (χ2n) is 5.40. The first kappa shape index (κ1) is 13.9. The lowest BCUT2D eigenvalue weighted by molar-refractivity contribution is -0.0431. The molecule has 0 aliphatic carbocycles. The van der Waals surface area contributed by atoms with E-state index in [1.54, 1.807) is 12.1 Å². The van der Waals surface area contributed by atoms with E-state index >= 15 is 0 Å². The Labute approximate surface area is 128 Å². The van der Waals surface area contributed by atoms with E-state index < -0.39 is 5.79 Å². The number of phenols is 1. The summed E-state index contributed by atoms with van der Waals surface area (Å²) in [4.78, 5) is 0. The van der Waals surface area contributed by atoms with Crippen LogP contribution in [-0.4, -0.2) is 10.9 Å². The first-order valence-corrected chi connectivity index (χ1v) is 7.04. The zero-order chi connectivity index (χ0) is 15.0. The van der Waals surface area contributed by atoms with E-state index in [9.17, 15) is 5.11 Å². The Bertz CT molecular complexity index is 685. The van der Waals surface area contributed by atoms with Crippen molar-refractivity contribution in [1.82, 2.24) is 0 Å². The fraction of sp³-hybridized carbons (Fsp3) is 0.250. The molecule has 0 unspecified atom stereocenters. The monoisotopic (exact) mass is 305 g/mol. The molecule has 2 aromatic carbocycles. The van der Waals surface area contributed by atoms with Crippen molar-refractivity contribution in [2.75, 3.05) is 5.32 Å². The van der Waals surface area contributed by atoms with Crippen LogP contribution < -0.4 is 14.8 Å². The quantitative estimate of drug-likeness (QED) is 0.894. The molecule has 2 N–H and O–H groups in total. The summed E-state index contributed by atoms with van der Waals surface area (Å²) in [6.07, 6.45) is 0. The average molecular weight is 306 g/mol. The number of hydrogen-bond acceptors (Lipinski definition) is 4. The third-order valence-corrected chi connectivity index (χ3v) is 3.47. The van der Waals surface area contributed by atoms with Gasteiger partial charge in [0.25, 0.3) is 0 Å². The highest BCUT2D eigenvalue weighted by atomic mass is 35.5. The van der Waals surface area contributed by atoms with E-state index in [0.29, 0.717) is 11.6 Å². The van der Waals surface area contributed by atoms with Gasteiger partial charge in [-0.15, -0.1) is 0 Å². The summed E-state index contributed by atoms with van der Waals surface area (Å²) < 4.78 is 11.4. The van der Waals surface area contributed by atoms with E-state index in [-0.39, 0.29) is 5.75 Å². The van der Waals surface area contributed by atoms with Crippen LogP contribution in [0.3, 0.4) is 0 Å². The van der Waals surface area contributed by atoms with Crippen molar-refractivity contribution in [3.05, 3.63) is 47.0 Å². The second kappa shape index (κ2) is 5.04. The molecule has 0 saturated heterocycles. The first-order chi connectivity index (χ1) is 9.93. The molecule has 0 atom stereocenters. The summed E-state index contributed by atoms with van der Waals surface area (Å²) in [7, 11) is 0. The zero-order valence-electron chi connectivity index (χ0n) is 11.8. The molecule has 0 saturated carbocycles. The number of fused-ring (bicyclic) bond motifs is 1. The van der Waals surface area contributed by atoms with Crippen molar-refractivity contribution in [2.45, 2.75) is 26.2 Å². The van der Waals surface area contributed by atoms with Gasteiger partial charge in [-0.3, -0.25) is 0 Å². The van der Waals surface area contributed by atoms with Gasteiger partial charge in [-0.25, -0.2) is 0 Å². The fourth-order valence-corrected chi connectivity index (χ4v) is 2.40. The molecule has 0 amide bonds. The number of benzene rings is 2. The van der Waals surface area contributed by atoms with Crippen LogP contribution in [0.4, 0.5) is 5.69 Å². The number of ether oxygens (including phenoxy) is 2. The Morgan fingerprint density at radius 2 is 1.86 bits per heavy atom. The maximum Gasteiger partial charge on any atom is 0.246 e. The molecular formula is C16H16ClNO3. The zero-order valence-corrected chi connectivity index (χ0v) is 12.6. The lowest BCUT2D eigenvalue weighted by Crippen LogP contribution is -2.29. The highest BCUT2D eigenvalue weighted by Gasteiger charge is 2.31. The number of rotatable bonds is 3. The van der Waals surface area contributed by atoms with Crippen LogP contribution in [0.15, 0.2) is 36.4 Å². The molecule has 0 aromatic heterocycles. The van der Waals surface area contributed by atoms with Gasteiger partial charge >= 0.3 is 0 Å². The van der Waals surface area contributed by atoms with Gasteiger partial charge in [0.2, 0.25) is 5.79 Å². The molecule has 5 heteroatoms. The smallest absolute Gasteiger partial charge is 0.246 e. The predicted molar refractivity (Wildman–Crippen MR) is 82.2 cm³/mol. The molecule has 1 aliphatic heterocycles. The van der Waals surface area contributed by atoms with E-state index in [2.05, 4.69) is 5.32 Å². The molecule has 0 radical (unpaired) electrons. The molecule has 2 aromatic rings. The van der Waals surface area contributed by atoms with Crippen molar-refractivity contribution >= 4 is 17.3 Å². The van der Waals surface area contributed by atoms with E-state index in [4.69, 9.17) is 21.1 Å². The second-order valence-corrected chi connectivity index (χ2v) is 5.81. The molecule has 0 fully saturated rings. The highest BCUT2D eigenvalue weighted by Crippen LogP contribution is 2.40. The molecule has 1 heterocycles.